The molecule has 4 nitrogen and oxygen atoms in total. The number of ketones is 1. The van der Waals surface area contributed by atoms with Gasteiger partial charge in [0.25, 0.3) is 0 Å². The standard InChI is InChI=1S/C11H19NO3/c1-8-5-4-6-10(7-9(2)13)12(8)11(14)15-3/h8,10H,4-7H2,1-3H3/t8-,10-/m1/s1. The van der Waals surface area contributed by atoms with Crippen molar-refractivity contribution in [2.45, 2.75) is 51.6 Å². The first-order chi connectivity index (χ1) is 7.06. The first kappa shape index (κ1) is 12.0. The maximum absolute atomic E-state index is 11.6. The van der Waals surface area contributed by atoms with Crippen LogP contribution < -0.4 is 0 Å². The average Bonchev–Trinajstić information content (AvgIpc) is 2.16. The molecule has 0 N–H and O–H groups in total. The minimum absolute atomic E-state index is 0.0266. The molecular formula is C11H19NO3. The monoisotopic (exact) mass is 213 g/mol. The van der Waals surface area contributed by atoms with Crippen LogP contribution in [-0.2, 0) is 9.53 Å². The van der Waals surface area contributed by atoms with Gasteiger partial charge in [0.1, 0.15) is 5.78 Å². The summed E-state index contributed by atoms with van der Waals surface area (Å²) >= 11 is 0. The second kappa shape index (κ2) is 5.14. The van der Waals surface area contributed by atoms with E-state index in [4.69, 9.17) is 4.74 Å². The molecule has 86 valence electrons. The molecule has 1 amide bonds. The molecule has 2 atom stereocenters. The highest BCUT2D eigenvalue weighted by atomic mass is 16.5. The lowest BCUT2D eigenvalue weighted by Gasteiger charge is -2.39. The average molecular weight is 213 g/mol. The molecule has 0 bridgehead atoms. The van der Waals surface area contributed by atoms with Crippen LogP contribution in [0, 0.1) is 0 Å². The predicted octanol–water partition coefficient (Wildman–Crippen LogP) is 1.97. The molecule has 0 aromatic heterocycles. The largest absolute Gasteiger partial charge is 0.453 e. The molecule has 0 spiro atoms. The third-order valence-electron chi connectivity index (χ3n) is 2.94. The number of hydrogen-bond acceptors (Lipinski definition) is 3. The van der Waals surface area contributed by atoms with Crippen LogP contribution in [0.25, 0.3) is 0 Å². The van der Waals surface area contributed by atoms with E-state index in [1.54, 1.807) is 11.8 Å². The Morgan fingerprint density at radius 1 is 1.40 bits per heavy atom. The molecule has 0 aliphatic carbocycles. The van der Waals surface area contributed by atoms with Gasteiger partial charge in [-0.15, -0.1) is 0 Å². The van der Waals surface area contributed by atoms with Crippen molar-refractivity contribution in [3.05, 3.63) is 0 Å². The number of nitrogens with zero attached hydrogens (tertiary/aromatic N) is 1. The van der Waals surface area contributed by atoms with Crippen molar-refractivity contribution in [2.75, 3.05) is 7.11 Å². The second-order valence-electron chi connectivity index (χ2n) is 4.22. The summed E-state index contributed by atoms with van der Waals surface area (Å²) in [5.74, 6) is 0.128. The lowest BCUT2D eigenvalue weighted by Crippen LogP contribution is -2.49. The van der Waals surface area contributed by atoms with E-state index in [1.165, 1.54) is 7.11 Å². The molecule has 1 saturated heterocycles. The summed E-state index contributed by atoms with van der Waals surface area (Å²) in [6, 6.07) is 0.203. The highest BCUT2D eigenvalue weighted by molar-refractivity contribution is 5.77. The van der Waals surface area contributed by atoms with Crippen molar-refractivity contribution in [2.24, 2.45) is 0 Å². The number of amides is 1. The molecule has 15 heavy (non-hydrogen) atoms. The van der Waals surface area contributed by atoms with Crippen LogP contribution in [0.5, 0.6) is 0 Å². The van der Waals surface area contributed by atoms with E-state index < -0.39 is 0 Å². The molecule has 1 aliphatic rings. The molecule has 1 heterocycles. The summed E-state index contributed by atoms with van der Waals surface area (Å²) in [5, 5.41) is 0. The van der Waals surface area contributed by atoms with Gasteiger partial charge in [0.15, 0.2) is 0 Å². The molecule has 1 fully saturated rings. The third kappa shape index (κ3) is 2.94. The number of carbonyl (C=O) groups is 2. The first-order valence-electron chi connectivity index (χ1n) is 5.42. The maximum Gasteiger partial charge on any atom is 0.409 e. The SMILES string of the molecule is COC(=O)N1[C@@H](CC(C)=O)CCC[C@H]1C. The van der Waals surface area contributed by atoms with Crippen LogP contribution in [0.4, 0.5) is 4.79 Å². The van der Waals surface area contributed by atoms with Gasteiger partial charge in [-0.3, -0.25) is 4.79 Å². The second-order valence-corrected chi connectivity index (χ2v) is 4.22. The van der Waals surface area contributed by atoms with E-state index in [-0.39, 0.29) is 24.0 Å². The fraction of sp³-hybridized carbons (Fsp3) is 0.818. The van der Waals surface area contributed by atoms with Crippen molar-refractivity contribution < 1.29 is 14.3 Å². The van der Waals surface area contributed by atoms with Crippen molar-refractivity contribution in [3.8, 4) is 0 Å². The number of hydrogen-bond donors (Lipinski definition) is 0. The first-order valence-corrected chi connectivity index (χ1v) is 5.42. The van der Waals surface area contributed by atoms with E-state index in [0.717, 1.165) is 19.3 Å². The van der Waals surface area contributed by atoms with E-state index in [9.17, 15) is 9.59 Å². The van der Waals surface area contributed by atoms with Crippen LogP contribution in [-0.4, -0.2) is 36.0 Å². The van der Waals surface area contributed by atoms with Gasteiger partial charge in [0.2, 0.25) is 0 Å². The van der Waals surface area contributed by atoms with Gasteiger partial charge in [0, 0.05) is 18.5 Å². The van der Waals surface area contributed by atoms with Gasteiger partial charge in [-0.2, -0.15) is 0 Å². The lowest BCUT2D eigenvalue weighted by atomic mass is 9.94. The number of rotatable bonds is 2. The smallest absolute Gasteiger partial charge is 0.409 e. The highest BCUT2D eigenvalue weighted by Gasteiger charge is 2.32. The summed E-state index contributed by atoms with van der Waals surface area (Å²) in [7, 11) is 1.38. The van der Waals surface area contributed by atoms with Crippen LogP contribution in [0.2, 0.25) is 0 Å². The number of ether oxygens (including phenoxy) is 1. The minimum Gasteiger partial charge on any atom is -0.453 e. The number of methoxy groups -OCH3 is 1. The summed E-state index contributed by atoms with van der Waals surface area (Å²) in [4.78, 5) is 24.4. The summed E-state index contributed by atoms with van der Waals surface area (Å²) in [6.07, 6.45) is 3.10. The predicted molar refractivity (Wildman–Crippen MR) is 56.6 cm³/mol. The Hall–Kier alpha value is -1.06. The third-order valence-corrected chi connectivity index (χ3v) is 2.94. The van der Waals surface area contributed by atoms with E-state index in [2.05, 4.69) is 0 Å². The molecule has 1 aliphatic heterocycles. The fourth-order valence-electron chi connectivity index (χ4n) is 2.25. The van der Waals surface area contributed by atoms with Crippen LogP contribution >= 0.6 is 0 Å². The highest BCUT2D eigenvalue weighted by Crippen LogP contribution is 2.25. The van der Waals surface area contributed by atoms with Crippen LogP contribution in [0.1, 0.15) is 39.5 Å². The fourth-order valence-corrected chi connectivity index (χ4v) is 2.25. The van der Waals surface area contributed by atoms with E-state index in [0.29, 0.717) is 6.42 Å². The molecule has 0 saturated carbocycles. The molecule has 0 aromatic carbocycles. The Bertz CT molecular complexity index is 252. The Morgan fingerprint density at radius 3 is 2.60 bits per heavy atom. The Kier molecular flexibility index (Phi) is 4.12. The maximum atomic E-state index is 11.6. The van der Waals surface area contributed by atoms with Crippen molar-refractivity contribution in [1.82, 2.24) is 4.90 Å². The molecular weight excluding hydrogens is 194 g/mol. The van der Waals surface area contributed by atoms with Gasteiger partial charge in [-0.05, 0) is 33.1 Å². The van der Waals surface area contributed by atoms with Crippen molar-refractivity contribution in [1.29, 1.82) is 0 Å². The quantitative estimate of drug-likeness (QED) is 0.704. The van der Waals surface area contributed by atoms with Crippen LogP contribution in [0.3, 0.4) is 0 Å². The Labute approximate surface area is 90.6 Å². The van der Waals surface area contributed by atoms with Gasteiger partial charge in [-0.25, -0.2) is 4.79 Å². The number of Topliss-reactive ketones (excluding diaryl/α,β-unsaturated/α-hetero) is 1. The minimum atomic E-state index is -0.312. The van der Waals surface area contributed by atoms with Gasteiger partial charge in [0.05, 0.1) is 7.11 Å². The van der Waals surface area contributed by atoms with Crippen molar-refractivity contribution >= 4 is 11.9 Å². The topological polar surface area (TPSA) is 46.6 Å². The molecule has 4 heteroatoms. The van der Waals surface area contributed by atoms with E-state index >= 15 is 0 Å². The van der Waals surface area contributed by atoms with Gasteiger partial charge in [-0.1, -0.05) is 0 Å². The lowest BCUT2D eigenvalue weighted by molar-refractivity contribution is -0.118. The summed E-state index contributed by atoms with van der Waals surface area (Å²) < 4.78 is 4.75. The van der Waals surface area contributed by atoms with Crippen LogP contribution in [0.15, 0.2) is 0 Å². The number of carbonyl (C=O) groups excluding carboxylic acids is 2. The van der Waals surface area contributed by atoms with Gasteiger partial charge < -0.3 is 9.64 Å². The molecule has 0 unspecified atom stereocenters. The Balaban J connectivity index is 2.72. The normalized spacial score (nSPS) is 26.2. The zero-order valence-electron chi connectivity index (χ0n) is 9.66. The molecule has 0 radical (unpaired) electrons. The zero-order valence-corrected chi connectivity index (χ0v) is 9.66. The van der Waals surface area contributed by atoms with Gasteiger partial charge >= 0.3 is 6.09 Å². The van der Waals surface area contributed by atoms with Crippen molar-refractivity contribution in [3.63, 3.8) is 0 Å². The summed E-state index contributed by atoms with van der Waals surface area (Å²) in [5.41, 5.74) is 0. The molecule has 0 aromatic rings. The summed E-state index contributed by atoms with van der Waals surface area (Å²) in [6.45, 7) is 3.57. The van der Waals surface area contributed by atoms with E-state index in [1.807, 2.05) is 6.92 Å². The Morgan fingerprint density at radius 2 is 2.07 bits per heavy atom. The molecule has 1 rings (SSSR count). The number of piperidine rings is 1. The zero-order chi connectivity index (χ0) is 11.4. The number of likely N-dealkylation sites (tertiary alicyclic amines) is 1.